The summed E-state index contributed by atoms with van der Waals surface area (Å²) in [6.45, 7) is 6.74. The van der Waals surface area contributed by atoms with Gasteiger partial charge in [0.05, 0.1) is 12.2 Å². The Labute approximate surface area is 166 Å². The number of aromatic nitrogens is 1. The van der Waals surface area contributed by atoms with Crippen LogP contribution in [0.4, 0.5) is 0 Å². The Balaban J connectivity index is 0.00000288. The van der Waals surface area contributed by atoms with Crippen LogP contribution >= 0.6 is 36.2 Å². The van der Waals surface area contributed by atoms with E-state index in [2.05, 4.69) is 10.3 Å². The molecule has 0 saturated carbocycles. The van der Waals surface area contributed by atoms with Crippen LogP contribution in [0.5, 0.6) is 0 Å². The van der Waals surface area contributed by atoms with Crippen LogP contribution in [0.15, 0.2) is 5.38 Å². The number of amides is 1. The molecule has 0 aliphatic carbocycles. The molecule has 1 unspecified atom stereocenters. The third-order valence-corrected chi connectivity index (χ3v) is 5.33. The highest BCUT2D eigenvalue weighted by atomic mass is 35.5. The summed E-state index contributed by atoms with van der Waals surface area (Å²) < 4.78 is 11.2. The molecular formula is C16H29Cl2N3O3S. The SMILES string of the molecule is CCOC(C)c1nc(CN(C)C(=O)C2(OC)CCNCC2)cs1.Cl.Cl. The van der Waals surface area contributed by atoms with Crippen molar-refractivity contribution in [1.29, 1.82) is 0 Å². The number of nitrogens with zero attached hydrogens (tertiary/aromatic N) is 2. The monoisotopic (exact) mass is 413 g/mol. The summed E-state index contributed by atoms with van der Waals surface area (Å²) in [6.07, 6.45) is 1.40. The predicted octanol–water partition coefficient (Wildman–Crippen LogP) is 2.81. The van der Waals surface area contributed by atoms with E-state index in [9.17, 15) is 4.79 Å². The molecule has 2 rings (SSSR count). The molecule has 1 atom stereocenters. The van der Waals surface area contributed by atoms with Gasteiger partial charge in [0.2, 0.25) is 0 Å². The molecule has 1 amide bonds. The number of halogens is 2. The molecule has 1 aliphatic heterocycles. The number of ether oxygens (including phenoxy) is 2. The van der Waals surface area contributed by atoms with Crippen molar-refractivity contribution in [3.05, 3.63) is 16.1 Å². The van der Waals surface area contributed by atoms with Gasteiger partial charge in [-0.2, -0.15) is 0 Å². The zero-order valence-corrected chi connectivity index (χ0v) is 17.7. The molecule has 1 saturated heterocycles. The number of likely N-dealkylation sites (N-methyl/N-ethyl adjacent to an activating group) is 1. The second-order valence-electron chi connectivity index (χ2n) is 5.88. The minimum absolute atomic E-state index is 0. The van der Waals surface area contributed by atoms with Crippen LogP contribution in [0, 0.1) is 0 Å². The fraction of sp³-hybridized carbons (Fsp3) is 0.750. The normalized spacial score (nSPS) is 17.1. The maximum atomic E-state index is 12.8. The van der Waals surface area contributed by atoms with Crippen molar-refractivity contribution in [2.24, 2.45) is 0 Å². The van der Waals surface area contributed by atoms with Gasteiger partial charge in [0.15, 0.2) is 0 Å². The van der Waals surface area contributed by atoms with Crippen LogP contribution in [0.2, 0.25) is 0 Å². The Morgan fingerprint density at radius 1 is 1.44 bits per heavy atom. The van der Waals surface area contributed by atoms with Crippen molar-refractivity contribution in [2.45, 2.75) is 44.9 Å². The third kappa shape index (κ3) is 6.05. The Morgan fingerprint density at radius 2 is 2.08 bits per heavy atom. The van der Waals surface area contributed by atoms with E-state index < -0.39 is 5.60 Å². The van der Waals surface area contributed by atoms with Crippen molar-refractivity contribution >= 4 is 42.1 Å². The number of hydrogen-bond acceptors (Lipinski definition) is 6. The maximum absolute atomic E-state index is 12.8. The van der Waals surface area contributed by atoms with E-state index in [0.29, 0.717) is 26.0 Å². The Kier molecular flexibility index (Phi) is 11.1. The Morgan fingerprint density at radius 3 is 2.64 bits per heavy atom. The largest absolute Gasteiger partial charge is 0.372 e. The average molecular weight is 414 g/mol. The summed E-state index contributed by atoms with van der Waals surface area (Å²) in [5, 5.41) is 6.22. The quantitative estimate of drug-likeness (QED) is 0.744. The van der Waals surface area contributed by atoms with Gasteiger partial charge in [-0.25, -0.2) is 4.98 Å². The molecule has 9 heteroatoms. The summed E-state index contributed by atoms with van der Waals surface area (Å²) in [7, 11) is 3.44. The number of carbonyl (C=O) groups is 1. The number of carbonyl (C=O) groups excluding carboxylic acids is 1. The minimum Gasteiger partial charge on any atom is -0.372 e. The highest BCUT2D eigenvalue weighted by Gasteiger charge is 2.41. The van der Waals surface area contributed by atoms with Crippen molar-refractivity contribution in [3.8, 4) is 0 Å². The fourth-order valence-electron chi connectivity index (χ4n) is 2.90. The van der Waals surface area contributed by atoms with Crippen LogP contribution in [0.25, 0.3) is 0 Å². The number of piperidine rings is 1. The molecule has 0 spiro atoms. The van der Waals surface area contributed by atoms with Crippen LogP contribution < -0.4 is 5.32 Å². The highest BCUT2D eigenvalue weighted by Crippen LogP contribution is 2.26. The minimum atomic E-state index is -0.697. The number of rotatable bonds is 7. The average Bonchev–Trinajstić information content (AvgIpc) is 3.03. The molecule has 1 fully saturated rings. The standard InChI is InChI=1S/C16H27N3O3S.2ClH/c1-5-22-12(2)14-18-13(11-23-14)10-19(3)15(20)16(21-4)6-8-17-9-7-16;;/h11-12,17H,5-10H2,1-4H3;2*1H. The summed E-state index contributed by atoms with van der Waals surface area (Å²) in [5.74, 6) is 0.0360. The second kappa shape index (κ2) is 11.3. The lowest BCUT2D eigenvalue weighted by Gasteiger charge is -2.37. The number of hydrogen-bond donors (Lipinski definition) is 1. The van der Waals surface area contributed by atoms with Gasteiger partial charge in [0, 0.05) is 26.1 Å². The van der Waals surface area contributed by atoms with Gasteiger partial charge >= 0.3 is 0 Å². The molecule has 6 nitrogen and oxygen atoms in total. The van der Waals surface area contributed by atoms with Gasteiger partial charge in [-0.15, -0.1) is 36.2 Å². The molecule has 0 aromatic carbocycles. The van der Waals surface area contributed by atoms with Crippen LogP contribution in [-0.4, -0.2) is 55.2 Å². The Hall–Kier alpha value is -0.440. The summed E-state index contributed by atoms with van der Waals surface area (Å²) >= 11 is 1.58. The highest BCUT2D eigenvalue weighted by molar-refractivity contribution is 7.09. The zero-order valence-electron chi connectivity index (χ0n) is 15.2. The van der Waals surface area contributed by atoms with E-state index >= 15 is 0 Å². The molecule has 0 radical (unpaired) electrons. The van der Waals surface area contributed by atoms with E-state index in [-0.39, 0.29) is 36.8 Å². The van der Waals surface area contributed by atoms with Crippen molar-refractivity contribution in [1.82, 2.24) is 15.2 Å². The first-order chi connectivity index (χ1) is 11.0. The van der Waals surface area contributed by atoms with Gasteiger partial charge in [0.1, 0.15) is 16.7 Å². The first kappa shape index (κ1) is 24.6. The summed E-state index contributed by atoms with van der Waals surface area (Å²) in [4.78, 5) is 19.1. The molecule has 1 N–H and O–H groups in total. The van der Waals surface area contributed by atoms with Crippen LogP contribution in [0.1, 0.15) is 43.5 Å². The second-order valence-corrected chi connectivity index (χ2v) is 6.77. The van der Waals surface area contributed by atoms with E-state index in [0.717, 1.165) is 23.8 Å². The van der Waals surface area contributed by atoms with E-state index in [4.69, 9.17) is 9.47 Å². The number of nitrogens with one attached hydrogen (secondary N) is 1. The van der Waals surface area contributed by atoms with Gasteiger partial charge in [-0.1, -0.05) is 0 Å². The smallest absolute Gasteiger partial charge is 0.255 e. The Bertz CT molecular complexity index is 524. The first-order valence-electron chi connectivity index (χ1n) is 8.09. The molecule has 1 aromatic rings. The van der Waals surface area contributed by atoms with Gasteiger partial charge in [-0.05, 0) is 39.8 Å². The van der Waals surface area contributed by atoms with Crippen LogP contribution in [0.3, 0.4) is 0 Å². The predicted molar refractivity (Wildman–Crippen MR) is 105 cm³/mol. The van der Waals surface area contributed by atoms with Gasteiger partial charge in [0.25, 0.3) is 5.91 Å². The van der Waals surface area contributed by atoms with Crippen molar-refractivity contribution in [3.63, 3.8) is 0 Å². The summed E-state index contributed by atoms with van der Waals surface area (Å²) in [6, 6.07) is 0. The number of methoxy groups -OCH3 is 1. The summed E-state index contributed by atoms with van der Waals surface area (Å²) in [5.41, 5.74) is 0.199. The molecule has 1 aromatic heterocycles. The first-order valence-corrected chi connectivity index (χ1v) is 8.97. The molecule has 1 aliphatic rings. The van der Waals surface area contributed by atoms with Gasteiger partial charge in [-0.3, -0.25) is 4.79 Å². The lowest BCUT2D eigenvalue weighted by atomic mass is 9.90. The fourth-order valence-corrected chi connectivity index (χ4v) is 3.72. The molecular weight excluding hydrogens is 385 g/mol. The van der Waals surface area contributed by atoms with E-state index in [1.807, 2.05) is 26.3 Å². The lowest BCUT2D eigenvalue weighted by Crippen LogP contribution is -2.54. The van der Waals surface area contributed by atoms with Crippen LogP contribution in [-0.2, 0) is 20.8 Å². The molecule has 0 bridgehead atoms. The van der Waals surface area contributed by atoms with E-state index in [1.165, 1.54) is 0 Å². The topological polar surface area (TPSA) is 63.7 Å². The zero-order chi connectivity index (χ0) is 16.9. The molecule has 25 heavy (non-hydrogen) atoms. The number of thiazole rings is 1. The lowest BCUT2D eigenvalue weighted by molar-refractivity contribution is -0.157. The molecule has 2 heterocycles. The maximum Gasteiger partial charge on any atom is 0.255 e. The van der Waals surface area contributed by atoms with Crippen molar-refractivity contribution in [2.75, 3.05) is 33.9 Å². The van der Waals surface area contributed by atoms with Crippen molar-refractivity contribution < 1.29 is 14.3 Å². The van der Waals surface area contributed by atoms with Gasteiger partial charge < -0.3 is 19.7 Å². The van der Waals surface area contributed by atoms with E-state index in [1.54, 1.807) is 23.3 Å². The molecule has 146 valence electrons. The third-order valence-electron chi connectivity index (χ3n) is 4.27.